The number of fused-ring (bicyclic) bond motifs is 1. The Morgan fingerprint density at radius 1 is 1.18 bits per heavy atom. The Bertz CT molecular complexity index is 503. The minimum atomic E-state index is -2.55. The Morgan fingerprint density at radius 3 is 2.35 bits per heavy atom. The number of nitrogens with zero attached hydrogens (tertiary/aromatic N) is 1. The molecule has 0 unspecified atom stereocenters. The first-order valence-electron chi connectivity index (χ1n) is 5.97. The molecule has 0 saturated heterocycles. The molecular formula is C13H17F2NO. The first kappa shape index (κ1) is 12.3. The highest BCUT2D eigenvalue weighted by atomic mass is 19.3. The smallest absolute Gasteiger partial charge is 0.264 e. The van der Waals surface area contributed by atoms with Gasteiger partial charge < -0.3 is 4.57 Å². The normalized spacial score (nSPS) is 14.8. The summed E-state index contributed by atoms with van der Waals surface area (Å²) in [5, 5.41) is 0. The fourth-order valence-corrected chi connectivity index (χ4v) is 2.78. The monoisotopic (exact) mass is 241 g/mol. The maximum Gasteiger partial charge on any atom is 0.264 e. The highest BCUT2D eigenvalue weighted by Gasteiger charge is 2.29. The Kier molecular flexibility index (Phi) is 3.06. The van der Waals surface area contributed by atoms with Gasteiger partial charge in [-0.05, 0) is 30.7 Å². The molecule has 94 valence electrons. The third kappa shape index (κ3) is 1.79. The van der Waals surface area contributed by atoms with Crippen molar-refractivity contribution in [2.45, 2.75) is 45.5 Å². The molecule has 2 nitrogen and oxygen atoms in total. The zero-order chi connectivity index (χ0) is 12.7. The molecule has 0 spiro atoms. The van der Waals surface area contributed by atoms with Gasteiger partial charge >= 0.3 is 0 Å². The van der Waals surface area contributed by atoms with Crippen molar-refractivity contribution in [2.24, 2.45) is 7.05 Å². The summed E-state index contributed by atoms with van der Waals surface area (Å²) in [5.41, 5.74) is 1.57. The van der Waals surface area contributed by atoms with E-state index in [4.69, 9.17) is 0 Å². The topological polar surface area (TPSA) is 22.0 Å². The van der Waals surface area contributed by atoms with Crippen molar-refractivity contribution in [3.8, 4) is 0 Å². The summed E-state index contributed by atoms with van der Waals surface area (Å²) in [6, 6.07) is 0. The van der Waals surface area contributed by atoms with Crippen LogP contribution < -0.4 is 5.56 Å². The van der Waals surface area contributed by atoms with Crippen LogP contribution in [0.2, 0.25) is 0 Å². The molecule has 0 fully saturated rings. The third-order valence-electron chi connectivity index (χ3n) is 3.54. The summed E-state index contributed by atoms with van der Waals surface area (Å²) in [5.74, 6) is -0.163. The predicted molar refractivity (Wildman–Crippen MR) is 62.8 cm³/mol. The van der Waals surface area contributed by atoms with Crippen molar-refractivity contribution >= 4 is 0 Å². The van der Waals surface area contributed by atoms with E-state index in [9.17, 15) is 13.6 Å². The molecule has 0 N–H and O–H groups in total. The lowest BCUT2D eigenvalue weighted by Gasteiger charge is -2.18. The zero-order valence-electron chi connectivity index (χ0n) is 10.4. The molecule has 0 aliphatic heterocycles. The van der Waals surface area contributed by atoms with Gasteiger partial charge in [0.15, 0.2) is 0 Å². The fourth-order valence-electron chi connectivity index (χ4n) is 2.78. The van der Waals surface area contributed by atoms with Gasteiger partial charge in [-0.3, -0.25) is 4.79 Å². The molecular weight excluding hydrogens is 224 g/mol. The number of rotatable bonds is 2. The van der Waals surface area contributed by atoms with E-state index in [1.54, 1.807) is 25.5 Å². The van der Waals surface area contributed by atoms with Gasteiger partial charge in [-0.1, -0.05) is 13.8 Å². The van der Waals surface area contributed by atoms with Crippen LogP contribution in [0.15, 0.2) is 4.79 Å². The standard InChI is InChI=1S/C13H17F2NO/c1-7(2)10-11(12(14)15)8-5-4-6-9(8)16(3)13(10)17/h7,12H,4-6H2,1-3H3. The van der Waals surface area contributed by atoms with Crippen LogP contribution in [0, 0.1) is 0 Å². The van der Waals surface area contributed by atoms with Crippen molar-refractivity contribution < 1.29 is 8.78 Å². The van der Waals surface area contributed by atoms with Crippen molar-refractivity contribution in [1.29, 1.82) is 0 Å². The lowest BCUT2D eigenvalue weighted by atomic mass is 9.94. The van der Waals surface area contributed by atoms with Gasteiger partial charge in [0.25, 0.3) is 12.0 Å². The molecule has 0 radical (unpaired) electrons. The molecule has 2 rings (SSSR count). The number of halogens is 2. The van der Waals surface area contributed by atoms with Crippen LogP contribution in [0.25, 0.3) is 0 Å². The average molecular weight is 241 g/mol. The SMILES string of the molecule is CC(C)c1c(C(F)F)c2c(n(C)c1=O)CCC2. The molecule has 0 atom stereocenters. The van der Waals surface area contributed by atoms with Gasteiger partial charge in [-0.25, -0.2) is 8.78 Å². The Labute approximate surface area is 99.3 Å². The van der Waals surface area contributed by atoms with Crippen molar-refractivity contribution in [3.63, 3.8) is 0 Å². The minimum absolute atomic E-state index is 0.00981. The molecule has 4 heteroatoms. The second-order valence-corrected chi connectivity index (χ2v) is 4.93. The summed E-state index contributed by atoms with van der Waals surface area (Å²) < 4.78 is 28.0. The molecule has 0 bridgehead atoms. The average Bonchev–Trinajstić information content (AvgIpc) is 2.70. The highest BCUT2D eigenvalue weighted by Crippen LogP contribution is 2.34. The lowest BCUT2D eigenvalue weighted by molar-refractivity contribution is 0.148. The molecule has 0 saturated carbocycles. The van der Waals surface area contributed by atoms with E-state index in [-0.39, 0.29) is 17.0 Å². The van der Waals surface area contributed by atoms with E-state index < -0.39 is 6.43 Å². The quantitative estimate of drug-likeness (QED) is 0.780. The Morgan fingerprint density at radius 2 is 1.82 bits per heavy atom. The number of aromatic nitrogens is 1. The number of pyridine rings is 1. The van der Waals surface area contributed by atoms with E-state index in [0.717, 1.165) is 18.5 Å². The molecule has 1 aromatic rings. The summed E-state index contributed by atoms with van der Waals surface area (Å²) in [6.07, 6.45) is -0.278. The van der Waals surface area contributed by atoms with Gasteiger partial charge in [0.05, 0.1) is 0 Å². The van der Waals surface area contributed by atoms with Crippen LogP contribution in [-0.4, -0.2) is 4.57 Å². The van der Waals surface area contributed by atoms with Crippen LogP contribution in [0.3, 0.4) is 0 Å². The van der Waals surface area contributed by atoms with Gasteiger partial charge in [-0.2, -0.15) is 0 Å². The summed E-state index contributed by atoms with van der Waals surface area (Å²) in [6.45, 7) is 3.59. The Hall–Kier alpha value is -1.19. The van der Waals surface area contributed by atoms with Crippen molar-refractivity contribution in [2.75, 3.05) is 0 Å². The first-order chi connectivity index (χ1) is 7.95. The summed E-state index contributed by atoms with van der Waals surface area (Å²) >= 11 is 0. The second kappa shape index (κ2) is 4.24. The largest absolute Gasteiger partial charge is 0.315 e. The first-order valence-corrected chi connectivity index (χ1v) is 5.97. The van der Waals surface area contributed by atoms with Gasteiger partial charge in [0.1, 0.15) is 0 Å². The Balaban J connectivity index is 2.83. The fraction of sp³-hybridized carbons (Fsp3) is 0.615. The number of hydrogen-bond acceptors (Lipinski definition) is 1. The molecule has 1 aliphatic carbocycles. The van der Waals surface area contributed by atoms with Gasteiger partial charge in [0, 0.05) is 23.9 Å². The van der Waals surface area contributed by atoms with E-state index in [2.05, 4.69) is 0 Å². The predicted octanol–water partition coefficient (Wildman–Crippen LogP) is 2.94. The van der Waals surface area contributed by atoms with Crippen LogP contribution in [0.5, 0.6) is 0 Å². The van der Waals surface area contributed by atoms with E-state index >= 15 is 0 Å². The molecule has 17 heavy (non-hydrogen) atoms. The highest BCUT2D eigenvalue weighted by molar-refractivity contribution is 5.42. The van der Waals surface area contributed by atoms with Crippen LogP contribution in [-0.2, 0) is 19.9 Å². The van der Waals surface area contributed by atoms with E-state index in [0.29, 0.717) is 17.5 Å². The lowest BCUT2D eigenvalue weighted by Crippen LogP contribution is -2.28. The van der Waals surface area contributed by atoms with Crippen molar-refractivity contribution in [1.82, 2.24) is 4.57 Å². The van der Waals surface area contributed by atoms with Crippen LogP contribution in [0.4, 0.5) is 8.78 Å². The maximum absolute atomic E-state index is 13.2. The maximum atomic E-state index is 13.2. The van der Waals surface area contributed by atoms with Gasteiger partial charge in [-0.15, -0.1) is 0 Å². The third-order valence-corrected chi connectivity index (χ3v) is 3.54. The van der Waals surface area contributed by atoms with Crippen molar-refractivity contribution in [3.05, 3.63) is 32.7 Å². The van der Waals surface area contributed by atoms with E-state index in [1.165, 1.54) is 0 Å². The van der Waals surface area contributed by atoms with Crippen LogP contribution in [0.1, 0.15) is 55.0 Å². The van der Waals surface area contributed by atoms with E-state index in [1.807, 2.05) is 0 Å². The second-order valence-electron chi connectivity index (χ2n) is 4.93. The van der Waals surface area contributed by atoms with Crippen LogP contribution >= 0.6 is 0 Å². The summed E-state index contributed by atoms with van der Waals surface area (Å²) in [7, 11) is 1.69. The summed E-state index contributed by atoms with van der Waals surface area (Å²) in [4.78, 5) is 12.1. The molecule has 0 amide bonds. The molecule has 1 aromatic heterocycles. The number of alkyl halides is 2. The number of hydrogen-bond donors (Lipinski definition) is 0. The minimum Gasteiger partial charge on any atom is -0.315 e. The molecule has 0 aromatic carbocycles. The van der Waals surface area contributed by atoms with Gasteiger partial charge in [0.2, 0.25) is 0 Å². The zero-order valence-corrected chi connectivity index (χ0v) is 10.4. The molecule has 1 aliphatic rings. The molecule has 1 heterocycles.